The number of aryl methyl sites for hydroxylation is 1. The fourth-order valence-corrected chi connectivity index (χ4v) is 1.34. The maximum Gasteiger partial charge on any atom is 0.305 e. The van der Waals surface area contributed by atoms with Gasteiger partial charge >= 0.3 is 7.48 Å². The summed E-state index contributed by atoms with van der Waals surface area (Å²) in [7, 11) is 1.72. The van der Waals surface area contributed by atoms with Gasteiger partial charge in [0.2, 0.25) is 0 Å². The molecule has 3 heteroatoms. The van der Waals surface area contributed by atoms with Gasteiger partial charge in [-0.15, -0.1) is 0 Å². The fourth-order valence-electron chi connectivity index (χ4n) is 1.34. The Bertz CT molecular complexity index is 284. The van der Waals surface area contributed by atoms with Crippen molar-refractivity contribution in [1.82, 2.24) is 0 Å². The first-order chi connectivity index (χ1) is 5.70. The predicted molar refractivity (Wildman–Crippen MR) is 51.5 cm³/mol. The third kappa shape index (κ3) is 1.46. The second kappa shape index (κ2) is 3.63. The van der Waals surface area contributed by atoms with Crippen LogP contribution in [0.1, 0.15) is 11.1 Å². The molecule has 0 aliphatic rings. The van der Waals surface area contributed by atoms with Gasteiger partial charge in [-0.2, -0.15) is 0 Å². The molecule has 64 valence electrons. The summed E-state index contributed by atoms with van der Waals surface area (Å²) < 4.78 is 5.13. The first kappa shape index (κ1) is 9.14. The van der Waals surface area contributed by atoms with E-state index in [1.807, 2.05) is 26.0 Å². The lowest BCUT2D eigenvalue weighted by atomic mass is 9.81. The number of hydrogen-bond donors (Lipinski definition) is 1. The quantitative estimate of drug-likeness (QED) is 0.636. The maximum absolute atomic E-state index is 9.06. The number of methoxy groups -OCH3 is 1. The van der Waals surface area contributed by atoms with Crippen LogP contribution in [0, 0.1) is 13.8 Å². The summed E-state index contributed by atoms with van der Waals surface area (Å²) in [4.78, 5) is 0. The lowest BCUT2D eigenvalue weighted by Gasteiger charge is -2.10. The smallest absolute Gasteiger partial charge is 0.305 e. The molecule has 0 saturated carbocycles. The minimum Gasteiger partial charge on any atom is -0.497 e. The van der Waals surface area contributed by atoms with E-state index in [1.54, 1.807) is 7.11 Å². The van der Waals surface area contributed by atoms with E-state index < -0.39 is 0 Å². The topological polar surface area (TPSA) is 29.5 Å². The highest BCUT2D eigenvalue weighted by Crippen LogP contribution is 2.15. The van der Waals surface area contributed by atoms with Gasteiger partial charge in [-0.3, -0.25) is 0 Å². The molecule has 0 bridgehead atoms. The molecule has 0 aliphatic carbocycles. The van der Waals surface area contributed by atoms with E-state index in [0.29, 0.717) is 0 Å². The Morgan fingerprint density at radius 3 is 2.50 bits per heavy atom. The zero-order valence-electron chi connectivity index (χ0n) is 7.72. The van der Waals surface area contributed by atoms with E-state index in [4.69, 9.17) is 9.76 Å². The van der Waals surface area contributed by atoms with Crippen LogP contribution in [0.15, 0.2) is 12.1 Å². The highest BCUT2D eigenvalue weighted by Gasteiger charge is 2.06. The summed E-state index contributed by atoms with van der Waals surface area (Å²) in [5.74, 6) is 0.838. The van der Waals surface area contributed by atoms with Crippen molar-refractivity contribution >= 4 is 12.9 Å². The van der Waals surface area contributed by atoms with Gasteiger partial charge < -0.3 is 9.76 Å². The van der Waals surface area contributed by atoms with E-state index in [0.717, 1.165) is 22.3 Å². The number of hydrogen-bond acceptors (Lipinski definition) is 2. The summed E-state index contributed by atoms with van der Waals surface area (Å²) in [6.07, 6.45) is 0. The summed E-state index contributed by atoms with van der Waals surface area (Å²) in [5.41, 5.74) is 3.10. The van der Waals surface area contributed by atoms with Gasteiger partial charge in [0.05, 0.1) is 7.11 Å². The average molecular weight is 164 g/mol. The molecule has 0 radical (unpaired) electrons. The highest BCUT2D eigenvalue weighted by molar-refractivity contribution is 6.47. The van der Waals surface area contributed by atoms with Crippen molar-refractivity contribution in [1.29, 1.82) is 0 Å². The molecule has 0 atom stereocenters. The lowest BCUT2D eigenvalue weighted by molar-refractivity contribution is 0.412. The fraction of sp³-hybridized carbons (Fsp3) is 0.333. The first-order valence-electron chi connectivity index (χ1n) is 3.94. The van der Waals surface area contributed by atoms with Crippen LogP contribution in [-0.4, -0.2) is 19.6 Å². The zero-order chi connectivity index (χ0) is 9.14. The van der Waals surface area contributed by atoms with Crippen molar-refractivity contribution in [2.75, 3.05) is 7.11 Å². The Hall–Kier alpha value is -0.955. The molecule has 0 saturated heterocycles. The summed E-state index contributed by atoms with van der Waals surface area (Å²) in [6, 6.07) is 3.88. The van der Waals surface area contributed by atoms with Crippen LogP contribution >= 0.6 is 0 Å². The van der Waals surface area contributed by atoms with Gasteiger partial charge in [0.1, 0.15) is 5.75 Å². The first-order valence-corrected chi connectivity index (χ1v) is 3.94. The molecule has 1 aromatic rings. The van der Waals surface area contributed by atoms with Crippen molar-refractivity contribution in [2.24, 2.45) is 0 Å². The van der Waals surface area contributed by atoms with Crippen LogP contribution in [0.4, 0.5) is 0 Å². The van der Waals surface area contributed by atoms with Crippen LogP contribution < -0.4 is 10.2 Å². The van der Waals surface area contributed by atoms with Gasteiger partial charge in [0.15, 0.2) is 0 Å². The zero-order valence-corrected chi connectivity index (χ0v) is 7.72. The molecule has 12 heavy (non-hydrogen) atoms. The molecule has 0 fully saturated rings. The molecular weight excluding hydrogens is 151 g/mol. The van der Waals surface area contributed by atoms with Gasteiger partial charge in [0.25, 0.3) is 0 Å². The Morgan fingerprint density at radius 2 is 2.00 bits per heavy atom. The second-order valence-corrected chi connectivity index (χ2v) is 2.85. The molecule has 0 aliphatic heterocycles. The highest BCUT2D eigenvalue weighted by atomic mass is 16.5. The second-order valence-electron chi connectivity index (χ2n) is 2.85. The van der Waals surface area contributed by atoms with E-state index in [2.05, 4.69) is 0 Å². The Labute approximate surface area is 73.5 Å². The third-order valence-electron chi connectivity index (χ3n) is 2.16. The van der Waals surface area contributed by atoms with Crippen molar-refractivity contribution in [2.45, 2.75) is 13.8 Å². The van der Waals surface area contributed by atoms with Crippen molar-refractivity contribution in [3.63, 3.8) is 0 Å². The molecule has 0 spiro atoms. The molecule has 1 aromatic carbocycles. The Balaban J connectivity index is 3.24. The normalized spacial score (nSPS) is 9.67. The average Bonchev–Trinajstić information content (AvgIpc) is 2.06. The molecule has 1 N–H and O–H groups in total. The molecule has 0 aromatic heterocycles. The Kier molecular flexibility index (Phi) is 2.76. The van der Waals surface area contributed by atoms with Gasteiger partial charge in [-0.05, 0) is 30.9 Å². The van der Waals surface area contributed by atoms with E-state index in [-0.39, 0.29) is 7.48 Å². The van der Waals surface area contributed by atoms with Crippen LogP contribution in [0.2, 0.25) is 0 Å². The predicted octanol–water partition coefficient (Wildman–Crippen LogP) is 0.281. The lowest BCUT2D eigenvalue weighted by Crippen LogP contribution is -2.21. The standard InChI is InChI=1S/C9H13BO2/c1-6-4-5-8(12-3)7(2)9(6)10-11/h4-5,10-11H,1-3H3. The summed E-state index contributed by atoms with van der Waals surface area (Å²) in [5, 5.41) is 9.06. The monoisotopic (exact) mass is 164 g/mol. The van der Waals surface area contributed by atoms with Crippen molar-refractivity contribution in [3.8, 4) is 5.75 Å². The minimum absolute atomic E-state index is 0.0782. The SMILES string of the molecule is COc1ccc(C)c(BO)c1C. The molecule has 0 unspecified atom stereocenters. The van der Waals surface area contributed by atoms with Crippen LogP contribution in [0.5, 0.6) is 5.75 Å². The molecule has 1 rings (SSSR count). The maximum atomic E-state index is 9.06. The van der Waals surface area contributed by atoms with E-state index >= 15 is 0 Å². The molecule has 0 heterocycles. The van der Waals surface area contributed by atoms with Crippen LogP contribution in [-0.2, 0) is 0 Å². The summed E-state index contributed by atoms with van der Waals surface area (Å²) >= 11 is 0. The summed E-state index contributed by atoms with van der Waals surface area (Å²) in [6.45, 7) is 3.94. The van der Waals surface area contributed by atoms with Crippen molar-refractivity contribution < 1.29 is 9.76 Å². The third-order valence-corrected chi connectivity index (χ3v) is 2.16. The Morgan fingerprint density at radius 1 is 1.33 bits per heavy atom. The minimum atomic E-state index is 0.0782. The largest absolute Gasteiger partial charge is 0.497 e. The van der Waals surface area contributed by atoms with Crippen LogP contribution in [0.3, 0.4) is 0 Å². The van der Waals surface area contributed by atoms with Gasteiger partial charge in [-0.1, -0.05) is 11.6 Å². The number of ether oxygens (including phenoxy) is 1. The number of rotatable bonds is 2. The van der Waals surface area contributed by atoms with Crippen LogP contribution in [0.25, 0.3) is 0 Å². The van der Waals surface area contributed by atoms with Gasteiger partial charge in [-0.25, -0.2) is 0 Å². The van der Waals surface area contributed by atoms with Crippen molar-refractivity contribution in [3.05, 3.63) is 23.3 Å². The molecule has 2 nitrogen and oxygen atoms in total. The van der Waals surface area contributed by atoms with E-state index in [1.165, 1.54) is 0 Å². The molecular formula is C9H13BO2. The van der Waals surface area contributed by atoms with E-state index in [9.17, 15) is 0 Å². The van der Waals surface area contributed by atoms with Gasteiger partial charge in [0, 0.05) is 0 Å². The number of benzene rings is 1. The molecule has 0 amide bonds.